The molecule has 0 fully saturated rings. The zero-order valence-electron chi connectivity index (χ0n) is 11.1. The minimum Gasteiger partial charge on any atom is -0.396 e. The van der Waals surface area contributed by atoms with Crippen LogP contribution < -0.4 is 5.32 Å². The first-order valence-electron chi connectivity index (χ1n) is 6.63. The van der Waals surface area contributed by atoms with Gasteiger partial charge in [0.1, 0.15) is 5.01 Å². The maximum Gasteiger partial charge on any atom is 0.133 e. The SMILES string of the molecule is CCC(CCO)CNCc1cnc(-c2cccs2)s1. The number of thiazole rings is 1. The summed E-state index contributed by atoms with van der Waals surface area (Å²) in [6.07, 6.45) is 3.95. The van der Waals surface area contributed by atoms with Gasteiger partial charge >= 0.3 is 0 Å². The Morgan fingerprint density at radius 1 is 1.47 bits per heavy atom. The van der Waals surface area contributed by atoms with Gasteiger partial charge in [-0.25, -0.2) is 4.98 Å². The van der Waals surface area contributed by atoms with Crippen molar-refractivity contribution < 1.29 is 5.11 Å². The van der Waals surface area contributed by atoms with E-state index in [9.17, 15) is 0 Å². The highest BCUT2D eigenvalue weighted by molar-refractivity contribution is 7.20. The molecule has 0 aliphatic rings. The Hall–Kier alpha value is -0.750. The van der Waals surface area contributed by atoms with Crippen molar-refractivity contribution in [1.29, 1.82) is 0 Å². The van der Waals surface area contributed by atoms with Gasteiger partial charge in [-0.1, -0.05) is 19.4 Å². The van der Waals surface area contributed by atoms with Crippen molar-refractivity contribution >= 4 is 22.7 Å². The first kappa shape index (κ1) is 14.7. The molecule has 0 amide bonds. The summed E-state index contributed by atoms with van der Waals surface area (Å²) in [6, 6.07) is 4.16. The second-order valence-electron chi connectivity index (χ2n) is 4.53. The van der Waals surface area contributed by atoms with Gasteiger partial charge in [-0.2, -0.15) is 0 Å². The van der Waals surface area contributed by atoms with Crippen LogP contribution in [0.15, 0.2) is 23.7 Å². The Morgan fingerprint density at radius 2 is 2.37 bits per heavy atom. The fourth-order valence-electron chi connectivity index (χ4n) is 1.94. The Labute approximate surface area is 122 Å². The number of aliphatic hydroxyl groups excluding tert-OH is 1. The molecule has 0 radical (unpaired) electrons. The third-order valence-electron chi connectivity index (χ3n) is 3.13. The smallest absolute Gasteiger partial charge is 0.133 e. The highest BCUT2D eigenvalue weighted by Gasteiger charge is 2.07. The van der Waals surface area contributed by atoms with Crippen molar-refractivity contribution in [2.24, 2.45) is 5.92 Å². The molecular formula is C14H20N2OS2. The molecule has 0 saturated carbocycles. The number of hydrogen-bond donors (Lipinski definition) is 2. The average molecular weight is 296 g/mol. The van der Waals surface area contributed by atoms with E-state index >= 15 is 0 Å². The lowest BCUT2D eigenvalue weighted by Crippen LogP contribution is -2.22. The van der Waals surface area contributed by atoms with Gasteiger partial charge in [0.25, 0.3) is 0 Å². The van der Waals surface area contributed by atoms with Gasteiger partial charge in [0.15, 0.2) is 0 Å². The molecule has 0 aliphatic heterocycles. The second kappa shape index (κ2) is 7.75. The maximum atomic E-state index is 8.96. The van der Waals surface area contributed by atoms with E-state index in [1.807, 2.05) is 6.20 Å². The number of rotatable bonds is 8. The van der Waals surface area contributed by atoms with Crippen molar-refractivity contribution in [2.75, 3.05) is 13.2 Å². The minimum absolute atomic E-state index is 0.281. The van der Waals surface area contributed by atoms with Crippen LogP contribution in [0.4, 0.5) is 0 Å². The molecule has 5 heteroatoms. The number of hydrogen-bond acceptors (Lipinski definition) is 5. The summed E-state index contributed by atoms with van der Waals surface area (Å²) in [4.78, 5) is 6.97. The number of nitrogens with one attached hydrogen (secondary N) is 1. The van der Waals surface area contributed by atoms with Crippen LogP contribution in [-0.4, -0.2) is 23.2 Å². The number of nitrogens with zero attached hydrogens (tertiary/aromatic N) is 1. The van der Waals surface area contributed by atoms with E-state index in [1.165, 1.54) is 9.75 Å². The van der Waals surface area contributed by atoms with Gasteiger partial charge in [-0.15, -0.1) is 22.7 Å². The van der Waals surface area contributed by atoms with E-state index in [2.05, 4.69) is 34.7 Å². The van der Waals surface area contributed by atoms with E-state index in [-0.39, 0.29) is 6.61 Å². The molecule has 2 aromatic heterocycles. The summed E-state index contributed by atoms with van der Waals surface area (Å²) in [7, 11) is 0. The largest absolute Gasteiger partial charge is 0.396 e. The first-order valence-corrected chi connectivity index (χ1v) is 8.33. The van der Waals surface area contributed by atoms with Crippen LogP contribution >= 0.6 is 22.7 Å². The fourth-order valence-corrected chi connectivity index (χ4v) is 3.62. The van der Waals surface area contributed by atoms with Crippen LogP contribution in [0.5, 0.6) is 0 Å². The van der Waals surface area contributed by atoms with Crippen LogP contribution in [-0.2, 0) is 6.54 Å². The molecule has 2 N–H and O–H groups in total. The van der Waals surface area contributed by atoms with Gasteiger partial charge in [-0.3, -0.25) is 0 Å². The Balaban J connectivity index is 1.80. The van der Waals surface area contributed by atoms with Crippen molar-refractivity contribution in [2.45, 2.75) is 26.3 Å². The summed E-state index contributed by atoms with van der Waals surface area (Å²) in [5, 5.41) is 15.6. The summed E-state index contributed by atoms with van der Waals surface area (Å²) < 4.78 is 0. The highest BCUT2D eigenvalue weighted by Crippen LogP contribution is 2.28. The summed E-state index contributed by atoms with van der Waals surface area (Å²) >= 11 is 3.48. The second-order valence-corrected chi connectivity index (χ2v) is 6.59. The molecule has 0 bridgehead atoms. The lowest BCUT2D eigenvalue weighted by atomic mass is 10.0. The van der Waals surface area contributed by atoms with E-state index < -0.39 is 0 Å². The quantitative estimate of drug-likeness (QED) is 0.785. The molecule has 0 aliphatic carbocycles. The Bertz CT molecular complexity index is 468. The van der Waals surface area contributed by atoms with E-state index in [1.54, 1.807) is 22.7 Å². The van der Waals surface area contributed by atoms with Gasteiger partial charge in [-0.05, 0) is 30.3 Å². The standard InChI is InChI=1S/C14H20N2OS2/c1-2-11(5-6-17)8-15-9-12-10-16-14(19-12)13-4-3-7-18-13/h3-4,7,10-11,15,17H,2,5-6,8-9H2,1H3. The predicted molar refractivity (Wildman–Crippen MR) is 82.6 cm³/mol. The monoisotopic (exact) mass is 296 g/mol. The fraction of sp³-hybridized carbons (Fsp3) is 0.500. The maximum absolute atomic E-state index is 8.96. The van der Waals surface area contributed by atoms with Crippen LogP contribution in [0.1, 0.15) is 24.6 Å². The number of aromatic nitrogens is 1. The molecule has 0 spiro atoms. The van der Waals surface area contributed by atoms with Crippen molar-refractivity contribution in [3.05, 3.63) is 28.6 Å². The molecule has 19 heavy (non-hydrogen) atoms. The zero-order valence-corrected chi connectivity index (χ0v) is 12.8. The third-order valence-corrected chi connectivity index (χ3v) is 5.17. The number of thiophene rings is 1. The van der Waals surface area contributed by atoms with Crippen molar-refractivity contribution in [3.8, 4) is 9.88 Å². The van der Waals surface area contributed by atoms with E-state index in [0.29, 0.717) is 5.92 Å². The summed E-state index contributed by atoms with van der Waals surface area (Å²) in [5.74, 6) is 0.565. The van der Waals surface area contributed by atoms with Crippen LogP contribution in [0.3, 0.4) is 0 Å². The molecule has 1 unspecified atom stereocenters. The topological polar surface area (TPSA) is 45.1 Å². The molecule has 0 aromatic carbocycles. The first-order chi connectivity index (χ1) is 9.33. The van der Waals surface area contributed by atoms with Gasteiger partial charge in [0.2, 0.25) is 0 Å². The minimum atomic E-state index is 0.281. The lowest BCUT2D eigenvalue weighted by Gasteiger charge is -2.13. The van der Waals surface area contributed by atoms with Gasteiger partial charge in [0, 0.05) is 24.2 Å². The third kappa shape index (κ3) is 4.38. The van der Waals surface area contributed by atoms with Crippen molar-refractivity contribution in [1.82, 2.24) is 10.3 Å². The molecule has 3 nitrogen and oxygen atoms in total. The number of aliphatic hydroxyl groups is 1. The van der Waals surface area contributed by atoms with E-state index in [0.717, 1.165) is 30.9 Å². The van der Waals surface area contributed by atoms with Crippen molar-refractivity contribution in [3.63, 3.8) is 0 Å². The molecular weight excluding hydrogens is 276 g/mol. The van der Waals surface area contributed by atoms with Gasteiger partial charge < -0.3 is 10.4 Å². The zero-order chi connectivity index (χ0) is 13.5. The Morgan fingerprint density at radius 3 is 3.05 bits per heavy atom. The molecule has 2 heterocycles. The van der Waals surface area contributed by atoms with Crippen LogP contribution in [0.25, 0.3) is 9.88 Å². The molecule has 104 valence electrons. The van der Waals surface area contributed by atoms with Gasteiger partial charge in [0.05, 0.1) is 4.88 Å². The summed E-state index contributed by atoms with van der Waals surface area (Å²) in [6.45, 7) is 4.28. The Kier molecular flexibility index (Phi) is 5.97. The highest BCUT2D eigenvalue weighted by atomic mass is 32.1. The molecule has 2 rings (SSSR count). The normalized spacial score (nSPS) is 12.7. The van der Waals surface area contributed by atoms with Crippen LogP contribution in [0.2, 0.25) is 0 Å². The van der Waals surface area contributed by atoms with Crippen LogP contribution in [0, 0.1) is 5.92 Å². The molecule has 1 atom stereocenters. The predicted octanol–water partition coefficient (Wildman–Crippen LogP) is 3.37. The summed E-state index contributed by atoms with van der Waals surface area (Å²) in [5.41, 5.74) is 0. The molecule has 0 saturated heterocycles. The average Bonchev–Trinajstić information content (AvgIpc) is 3.08. The lowest BCUT2D eigenvalue weighted by molar-refractivity contribution is 0.251. The van der Waals surface area contributed by atoms with E-state index in [4.69, 9.17) is 5.11 Å². The molecule has 2 aromatic rings.